The normalized spacial score (nSPS) is 11.5. The summed E-state index contributed by atoms with van der Waals surface area (Å²) in [6.45, 7) is 0.345. The lowest BCUT2D eigenvalue weighted by Crippen LogP contribution is -2.26. The molecule has 0 radical (unpaired) electrons. The van der Waals surface area contributed by atoms with Gasteiger partial charge < -0.3 is 9.32 Å². The van der Waals surface area contributed by atoms with Crippen molar-refractivity contribution in [1.29, 1.82) is 0 Å². The first-order valence-corrected chi connectivity index (χ1v) is 9.59. The van der Waals surface area contributed by atoms with Crippen LogP contribution >= 0.6 is 0 Å². The molecule has 8 heteroatoms. The zero-order valence-electron chi connectivity index (χ0n) is 14.5. The third-order valence-corrected chi connectivity index (χ3v) is 5.60. The second-order valence-electron chi connectivity index (χ2n) is 6.03. The number of nitrogens with zero attached hydrogens (tertiary/aromatic N) is 3. The zero-order chi connectivity index (χ0) is 18.7. The van der Waals surface area contributed by atoms with E-state index in [4.69, 9.17) is 4.42 Å². The molecule has 2 aromatic heterocycles. The van der Waals surface area contributed by atoms with E-state index in [1.165, 1.54) is 29.4 Å². The van der Waals surface area contributed by atoms with Crippen LogP contribution in [0, 0.1) is 0 Å². The van der Waals surface area contributed by atoms with E-state index >= 15 is 0 Å². The van der Waals surface area contributed by atoms with E-state index in [0.717, 1.165) is 5.56 Å². The first-order valence-electron chi connectivity index (χ1n) is 7.94. The summed E-state index contributed by atoms with van der Waals surface area (Å²) in [5, 5.41) is 4.07. The molecule has 0 unspecified atom stereocenters. The Morgan fingerprint density at radius 3 is 2.62 bits per heavy atom. The largest absolute Gasteiger partial charge is 0.459 e. The maximum absolute atomic E-state index is 12.7. The topological polar surface area (TPSA) is 85.4 Å². The van der Waals surface area contributed by atoms with Gasteiger partial charge in [0.25, 0.3) is 5.91 Å². The van der Waals surface area contributed by atoms with Gasteiger partial charge in [-0.1, -0.05) is 18.2 Å². The Kier molecular flexibility index (Phi) is 4.94. The summed E-state index contributed by atoms with van der Waals surface area (Å²) in [6, 6.07) is 9.66. The van der Waals surface area contributed by atoms with E-state index in [2.05, 4.69) is 5.10 Å². The molecular formula is C18H19N3O4S. The van der Waals surface area contributed by atoms with Crippen LogP contribution in [-0.2, 0) is 29.2 Å². The maximum atomic E-state index is 12.7. The molecule has 0 saturated carbocycles. The molecule has 0 saturated heterocycles. The van der Waals surface area contributed by atoms with E-state index in [0.29, 0.717) is 12.1 Å². The number of hydrogen-bond donors (Lipinski definition) is 0. The quantitative estimate of drug-likeness (QED) is 0.662. The van der Waals surface area contributed by atoms with Crippen LogP contribution in [0.4, 0.5) is 0 Å². The molecule has 7 nitrogen and oxygen atoms in total. The predicted molar refractivity (Wildman–Crippen MR) is 95.0 cm³/mol. The number of carbonyl (C=O) groups is 1. The van der Waals surface area contributed by atoms with Crippen LogP contribution in [0.5, 0.6) is 0 Å². The minimum atomic E-state index is -3.56. The lowest BCUT2D eigenvalue weighted by molar-refractivity contribution is 0.0752. The van der Waals surface area contributed by atoms with Crippen molar-refractivity contribution in [2.45, 2.75) is 17.2 Å². The maximum Gasteiger partial charge on any atom is 0.289 e. The number of aryl methyl sites for hydroxylation is 1. The molecule has 0 aliphatic carbocycles. The van der Waals surface area contributed by atoms with Crippen molar-refractivity contribution in [3.8, 4) is 0 Å². The Hall–Kier alpha value is -2.87. The highest BCUT2D eigenvalue weighted by molar-refractivity contribution is 7.90. The molecule has 3 aromatic rings. The highest BCUT2D eigenvalue weighted by Crippen LogP contribution is 2.21. The Balaban J connectivity index is 1.78. The molecule has 0 fully saturated rings. The molecule has 136 valence electrons. The highest BCUT2D eigenvalue weighted by atomic mass is 32.2. The van der Waals surface area contributed by atoms with E-state index in [-0.39, 0.29) is 22.3 Å². The van der Waals surface area contributed by atoms with Gasteiger partial charge in [0.15, 0.2) is 15.6 Å². The van der Waals surface area contributed by atoms with Gasteiger partial charge in [-0.3, -0.25) is 9.48 Å². The zero-order valence-corrected chi connectivity index (χ0v) is 15.3. The van der Waals surface area contributed by atoms with Crippen LogP contribution in [0.25, 0.3) is 0 Å². The van der Waals surface area contributed by atoms with Crippen LogP contribution in [0.15, 0.2) is 64.4 Å². The second-order valence-corrected chi connectivity index (χ2v) is 8.02. The van der Waals surface area contributed by atoms with Gasteiger partial charge in [0.1, 0.15) is 0 Å². The molecule has 0 bridgehead atoms. The Morgan fingerprint density at radius 1 is 1.23 bits per heavy atom. The molecule has 26 heavy (non-hydrogen) atoms. The molecule has 0 aliphatic rings. The van der Waals surface area contributed by atoms with Crippen LogP contribution < -0.4 is 0 Å². The van der Waals surface area contributed by atoms with Crippen molar-refractivity contribution >= 4 is 15.7 Å². The summed E-state index contributed by atoms with van der Waals surface area (Å²) >= 11 is 0. The SMILES string of the molecule is CN(Cc1cnn(C)c1)C(=O)c1occc1CS(=O)(=O)c1ccccc1. The lowest BCUT2D eigenvalue weighted by atomic mass is 10.2. The molecule has 0 atom stereocenters. The third kappa shape index (κ3) is 3.85. The van der Waals surface area contributed by atoms with Gasteiger partial charge in [-0.05, 0) is 18.2 Å². The molecule has 3 rings (SSSR count). The summed E-state index contributed by atoms with van der Waals surface area (Å²) in [7, 11) is -0.136. The summed E-state index contributed by atoms with van der Waals surface area (Å²) in [4.78, 5) is 14.3. The summed E-state index contributed by atoms with van der Waals surface area (Å²) in [5.41, 5.74) is 1.21. The highest BCUT2D eigenvalue weighted by Gasteiger charge is 2.24. The van der Waals surface area contributed by atoms with E-state index in [1.807, 2.05) is 6.20 Å². The van der Waals surface area contributed by atoms with Crippen molar-refractivity contribution in [1.82, 2.24) is 14.7 Å². The molecule has 2 heterocycles. The Labute approximate surface area is 151 Å². The number of rotatable bonds is 6. The third-order valence-electron chi connectivity index (χ3n) is 3.91. The van der Waals surface area contributed by atoms with Gasteiger partial charge in [0.05, 0.1) is 23.1 Å². The van der Waals surface area contributed by atoms with E-state index in [9.17, 15) is 13.2 Å². The monoisotopic (exact) mass is 373 g/mol. The minimum Gasteiger partial charge on any atom is -0.459 e. The average molecular weight is 373 g/mol. The van der Waals surface area contributed by atoms with Crippen LogP contribution in [0.3, 0.4) is 0 Å². The minimum absolute atomic E-state index is 0.0379. The van der Waals surface area contributed by atoms with E-state index in [1.54, 1.807) is 43.2 Å². The van der Waals surface area contributed by atoms with Gasteiger partial charge in [0.2, 0.25) is 0 Å². The number of benzene rings is 1. The number of aromatic nitrogens is 2. The van der Waals surface area contributed by atoms with E-state index < -0.39 is 9.84 Å². The standard InChI is InChI=1S/C18H19N3O4S/c1-20(11-14-10-19-21(2)12-14)18(22)17-15(8-9-25-17)13-26(23,24)16-6-4-3-5-7-16/h3-10,12H,11,13H2,1-2H3. The number of sulfone groups is 1. The molecule has 0 aliphatic heterocycles. The average Bonchev–Trinajstić information content (AvgIpc) is 3.23. The Bertz CT molecular complexity index is 1010. The number of carbonyl (C=O) groups excluding carboxylic acids is 1. The molecule has 0 N–H and O–H groups in total. The first-order chi connectivity index (χ1) is 12.4. The van der Waals surface area contributed by atoms with Crippen LogP contribution in [-0.4, -0.2) is 36.1 Å². The van der Waals surface area contributed by atoms with Crippen LogP contribution in [0.2, 0.25) is 0 Å². The fraction of sp³-hybridized carbons (Fsp3) is 0.222. The number of furan rings is 1. The van der Waals surface area contributed by atoms with Crippen molar-refractivity contribution < 1.29 is 17.6 Å². The van der Waals surface area contributed by atoms with Gasteiger partial charge >= 0.3 is 0 Å². The fourth-order valence-electron chi connectivity index (χ4n) is 2.63. The van der Waals surface area contributed by atoms with Gasteiger partial charge in [-0.15, -0.1) is 0 Å². The fourth-order valence-corrected chi connectivity index (χ4v) is 4.00. The number of amides is 1. The Morgan fingerprint density at radius 2 is 1.96 bits per heavy atom. The molecule has 1 aromatic carbocycles. The van der Waals surface area contributed by atoms with Crippen molar-refractivity contribution in [2.75, 3.05) is 7.05 Å². The summed E-state index contributed by atoms with van der Waals surface area (Å²) in [5.74, 6) is -0.636. The van der Waals surface area contributed by atoms with Gasteiger partial charge in [0, 0.05) is 38.0 Å². The molecule has 0 spiro atoms. The molecular weight excluding hydrogens is 354 g/mol. The smallest absolute Gasteiger partial charge is 0.289 e. The second kappa shape index (κ2) is 7.17. The first kappa shape index (κ1) is 17.9. The van der Waals surface area contributed by atoms with Gasteiger partial charge in [-0.25, -0.2) is 8.42 Å². The summed E-state index contributed by atoms with van der Waals surface area (Å²) in [6.07, 6.45) is 4.82. The molecule has 1 amide bonds. The van der Waals surface area contributed by atoms with Crippen molar-refractivity contribution in [2.24, 2.45) is 7.05 Å². The van der Waals surface area contributed by atoms with Crippen molar-refractivity contribution in [3.63, 3.8) is 0 Å². The lowest BCUT2D eigenvalue weighted by Gasteiger charge is -2.15. The predicted octanol–water partition coefficient (Wildman–Crippen LogP) is 2.26. The van der Waals surface area contributed by atoms with Gasteiger partial charge in [-0.2, -0.15) is 5.10 Å². The summed E-state index contributed by atoms with van der Waals surface area (Å²) < 4.78 is 32.1. The van der Waals surface area contributed by atoms with Crippen LogP contribution in [0.1, 0.15) is 21.7 Å². The number of hydrogen-bond acceptors (Lipinski definition) is 5. The van der Waals surface area contributed by atoms with Crippen molar-refractivity contribution in [3.05, 3.63) is 71.9 Å².